The Kier molecular flexibility index (Phi) is 6.98. The van der Waals surface area contributed by atoms with Crippen LogP contribution in [0.5, 0.6) is 0 Å². The minimum absolute atomic E-state index is 0.120. The van der Waals surface area contributed by atoms with Crippen molar-refractivity contribution in [3.8, 4) is 0 Å². The number of anilines is 1. The number of benzene rings is 1. The van der Waals surface area contributed by atoms with E-state index in [9.17, 15) is 9.59 Å². The molecule has 0 saturated carbocycles. The summed E-state index contributed by atoms with van der Waals surface area (Å²) in [4.78, 5) is 24.8. The van der Waals surface area contributed by atoms with Crippen LogP contribution in [0.1, 0.15) is 48.0 Å². The highest BCUT2D eigenvalue weighted by Crippen LogP contribution is 2.21. The fraction of sp³-hybridized carbons (Fsp3) is 0.429. The summed E-state index contributed by atoms with van der Waals surface area (Å²) in [6, 6.07) is 5.35. The number of amides is 2. The van der Waals surface area contributed by atoms with E-state index in [1.165, 1.54) is 18.4 Å². The molecule has 1 aromatic rings. The number of ether oxygens (including phenoxy) is 1. The van der Waals surface area contributed by atoms with Crippen molar-refractivity contribution in [2.75, 3.05) is 24.2 Å². The van der Waals surface area contributed by atoms with Gasteiger partial charge in [-0.25, -0.2) is 0 Å². The Labute approximate surface area is 164 Å². The predicted octanol–water partition coefficient (Wildman–Crippen LogP) is 4.16. The Bertz CT molecular complexity index is 771. The van der Waals surface area contributed by atoms with Crippen LogP contribution in [0.25, 0.3) is 0 Å². The molecule has 0 atom stereocenters. The first-order chi connectivity index (χ1) is 13.1. The van der Waals surface area contributed by atoms with Gasteiger partial charge in [0, 0.05) is 29.0 Å². The maximum Gasteiger partial charge on any atom is 0.291 e. The van der Waals surface area contributed by atoms with Crippen LogP contribution in [0.15, 0.2) is 41.0 Å². The molecule has 27 heavy (non-hydrogen) atoms. The van der Waals surface area contributed by atoms with E-state index in [2.05, 4.69) is 16.7 Å². The van der Waals surface area contributed by atoms with Crippen molar-refractivity contribution in [1.82, 2.24) is 5.32 Å². The summed E-state index contributed by atoms with van der Waals surface area (Å²) in [5, 5.41) is 7.55. The van der Waals surface area contributed by atoms with Gasteiger partial charge in [-0.05, 0) is 56.7 Å². The van der Waals surface area contributed by atoms with Gasteiger partial charge in [-0.2, -0.15) is 0 Å². The van der Waals surface area contributed by atoms with Gasteiger partial charge in [0.1, 0.15) is 0 Å². The van der Waals surface area contributed by atoms with Crippen LogP contribution < -0.4 is 10.6 Å². The van der Waals surface area contributed by atoms with Crippen molar-refractivity contribution in [2.24, 2.45) is 0 Å². The quantitative estimate of drug-likeness (QED) is 0.721. The van der Waals surface area contributed by atoms with Crippen LogP contribution in [0, 0.1) is 6.92 Å². The van der Waals surface area contributed by atoms with E-state index in [0.29, 0.717) is 30.2 Å². The smallest absolute Gasteiger partial charge is 0.291 e. The fourth-order valence-electron chi connectivity index (χ4n) is 3.14. The van der Waals surface area contributed by atoms with E-state index in [1.807, 2.05) is 13.0 Å². The second kappa shape index (κ2) is 9.65. The van der Waals surface area contributed by atoms with Crippen LogP contribution in [0.3, 0.4) is 0 Å². The van der Waals surface area contributed by atoms with Gasteiger partial charge in [-0.1, -0.05) is 17.7 Å². The molecule has 1 aromatic carbocycles. The van der Waals surface area contributed by atoms with E-state index in [0.717, 1.165) is 30.6 Å². The van der Waals surface area contributed by atoms with Gasteiger partial charge in [0.2, 0.25) is 0 Å². The van der Waals surface area contributed by atoms with Crippen molar-refractivity contribution in [2.45, 2.75) is 39.0 Å². The SMILES string of the molecule is Cc1ccc(C(=O)NCCC2=CCCCC2)cc1NC(=O)C1=CSCCO1. The molecule has 1 aliphatic heterocycles. The van der Waals surface area contributed by atoms with Gasteiger partial charge >= 0.3 is 0 Å². The number of carbonyl (C=O) groups excluding carboxylic acids is 2. The number of rotatable bonds is 6. The maximum atomic E-state index is 12.5. The van der Waals surface area contributed by atoms with Crippen LogP contribution in [-0.4, -0.2) is 30.7 Å². The third-order valence-electron chi connectivity index (χ3n) is 4.74. The highest BCUT2D eigenvalue weighted by molar-refractivity contribution is 8.02. The molecule has 5 nitrogen and oxygen atoms in total. The fourth-order valence-corrected chi connectivity index (χ4v) is 3.76. The molecule has 0 bridgehead atoms. The van der Waals surface area contributed by atoms with Crippen molar-refractivity contribution >= 4 is 29.3 Å². The predicted molar refractivity (Wildman–Crippen MR) is 110 cm³/mol. The zero-order valence-electron chi connectivity index (χ0n) is 15.7. The maximum absolute atomic E-state index is 12.5. The summed E-state index contributed by atoms with van der Waals surface area (Å²) in [7, 11) is 0. The molecule has 0 saturated heterocycles. The summed E-state index contributed by atoms with van der Waals surface area (Å²) < 4.78 is 5.38. The average molecular weight is 387 g/mol. The monoisotopic (exact) mass is 386 g/mol. The van der Waals surface area contributed by atoms with Crippen molar-refractivity contribution in [3.63, 3.8) is 0 Å². The zero-order valence-corrected chi connectivity index (χ0v) is 16.5. The Hall–Kier alpha value is -2.21. The summed E-state index contributed by atoms with van der Waals surface area (Å²) >= 11 is 1.56. The molecule has 0 fully saturated rings. The third-order valence-corrected chi connectivity index (χ3v) is 5.52. The Balaban J connectivity index is 1.58. The summed E-state index contributed by atoms with van der Waals surface area (Å²) in [5.74, 6) is 0.765. The molecule has 3 rings (SSSR count). The van der Waals surface area contributed by atoms with Gasteiger partial charge in [-0.3, -0.25) is 9.59 Å². The number of nitrogens with one attached hydrogen (secondary N) is 2. The third kappa shape index (κ3) is 5.63. The zero-order chi connectivity index (χ0) is 19.1. The van der Waals surface area contributed by atoms with E-state index in [1.54, 1.807) is 29.3 Å². The largest absolute Gasteiger partial charge is 0.487 e. The molecule has 6 heteroatoms. The number of thioether (sulfide) groups is 1. The van der Waals surface area contributed by atoms with Gasteiger partial charge < -0.3 is 15.4 Å². The molecule has 0 radical (unpaired) electrons. The lowest BCUT2D eigenvalue weighted by atomic mass is 9.97. The molecule has 0 spiro atoms. The van der Waals surface area contributed by atoms with Gasteiger partial charge in [-0.15, -0.1) is 11.8 Å². The Morgan fingerprint density at radius 1 is 1.22 bits per heavy atom. The lowest BCUT2D eigenvalue weighted by Gasteiger charge is -2.16. The molecule has 1 aliphatic carbocycles. The normalized spacial score (nSPS) is 16.6. The van der Waals surface area contributed by atoms with Gasteiger partial charge in [0.05, 0.1) is 6.61 Å². The van der Waals surface area contributed by atoms with Gasteiger partial charge in [0.25, 0.3) is 11.8 Å². The first kappa shape index (κ1) is 19.5. The number of hydrogen-bond donors (Lipinski definition) is 2. The molecule has 2 N–H and O–H groups in total. The molecule has 144 valence electrons. The number of allylic oxidation sites excluding steroid dienone is 1. The van der Waals surface area contributed by atoms with Crippen molar-refractivity contribution in [3.05, 3.63) is 52.1 Å². The molecular weight excluding hydrogens is 360 g/mol. The minimum Gasteiger partial charge on any atom is -0.487 e. The highest BCUT2D eigenvalue weighted by Gasteiger charge is 2.16. The van der Waals surface area contributed by atoms with Crippen LogP contribution in [0.4, 0.5) is 5.69 Å². The van der Waals surface area contributed by atoms with E-state index >= 15 is 0 Å². The molecular formula is C21H26N2O3S. The lowest BCUT2D eigenvalue weighted by Crippen LogP contribution is -2.25. The van der Waals surface area contributed by atoms with Crippen LogP contribution in [-0.2, 0) is 9.53 Å². The van der Waals surface area contributed by atoms with Crippen molar-refractivity contribution in [1.29, 1.82) is 0 Å². The summed E-state index contributed by atoms with van der Waals surface area (Å²) in [6.45, 7) is 3.07. The minimum atomic E-state index is -0.285. The first-order valence-corrected chi connectivity index (χ1v) is 10.5. The standard InChI is InChI=1S/C21H26N2O3S/c1-15-7-8-17(20(24)22-10-9-16-5-3-2-4-6-16)13-18(15)23-21(25)19-14-27-12-11-26-19/h5,7-8,13-14H,2-4,6,9-12H2,1H3,(H,22,24)(H,23,25). The first-order valence-electron chi connectivity index (χ1n) is 9.46. The second-order valence-corrected chi connectivity index (χ2v) is 7.78. The molecule has 2 amide bonds. The topological polar surface area (TPSA) is 67.4 Å². The highest BCUT2D eigenvalue weighted by atomic mass is 32.2. The van der Waals surface area contributed by atoms with Crippen LogP contribution in [0.2, 0.25) is 0 Å². The summed E-state index contributed by atoms with van der Waals surface area (Å²) in [5.41, 5.74) is 3.51. The summed E-state index contributed by atoms with van der Waals surface area (Å²) in [6.07, 6.45) is 8.03. The molecule has 2 aliphatic rings. The number of carbonyl (C=O) groups is 2. The van der Waals surface area contributed by atoms with E-state index in [4.69, 9.17) is 4.74 Å². The van der Waals surface area contributed by atoms with Crippen LogP contribution >= 0.6 is 11.8 Å². The second-order valence-electron chi connectivity index (χ2n) is 6.80. The molecule has 1 heterocycles. The number of aryl methyl sites for hydroxylation is 1. The average Bonchev–Trinajstić information content (AvgIpc) is 2.71. The van der Waals surface area contributed by atoms with E-state index in [-0.39, 0.29) is 11.8 Å². The molecule has 0 aromatic heterocycles. The Morgan fingerprint density at radius 2 is 2.11 bits per heavy atom. The molecule has 0 unspecified atom stereocenters. The number of hydrogen-bond acceptors (Lipinski definition) is 4. The lowest BCUT2D eigenvalue weighted by molar-refractivity contribution is -0.116. The Morgan fingerprint density at radius 3 is 2.85 bits per heavy atom. The van der Waals surface area contributed by atoms with E-state index < -0.39 is 0 Å². The van der Waals surface area contributed by atoms with Gasteiger partial charge in [0.15, 0.2) is 5.76 Å². The van der Waals surface area contributed by atoms with Crippen molar-refractivity contribution < 1.29 is 14.3 Å².